The largest absolute Gasteiger partial charge is 0.459 e. The SMILES string of the molecule is CC[N+](C)(CC)Cc1c(C)oc(-c2ccccc2)c1N(C)C. The van der Waals surface area contributed by atoms with Crippen LogP contribution < -0.4 is 4.90 Å². The molecule has 0 bridgehead atoms. The van der Waals surface area contributed by atoms with Crippen molar-refractivity contribution in [2.24, 2.45) is 0 Å². The monoisotopic (exact) mass is 301 g/mol. The summed E-state index contributed by atoms with van der Waals surface area (Å²) in [4.78, 5) is 2.18. The Morgan fingerprint density at radius 3 is 2.14 bits per heavy atom. The Labute approximate surface area is 134 Å². The zero-order valence-electron chi connectivity index (χ0n) is 14.8. The molecule has 0 aliphatic rings. The van der Waals surface area contributed by atoms with Gasteiger partial charge in [-0.25, -0.2) is 0 Å². The molecule has 22 heavy (non-hydrogen) atoms. The summed E-state index contributed by atoms with van der Waals surface area (Å²) in [5, 5.41) is 0. The number of rotatable bonds is 6. The van der Waals surface area contributed by atoms with E-state index in [1.54, 1.807) is 0 Å². The van der Waals surface area contributed by atoms with Crippen molar-refractivity contribution in [2.75, 3.05) is 39.1 Å². The van der Waals surface area contributed by atoms with E-state index < -0.39 is 0 Å². The van der Waals surface area contributed by atoms with Crippen LogP contribution in [0.4, 0.5) is 5.69 Å². The van der Waals surface area contributed by atoms with Crippen LogP contribution in [0.1, 0.15) is 25.2 Å². The minimum atomic E-state index is 0.983. The van der Waals surface area contributed by atoms with Gasteiger partial charge in [-0.1, -0.05) is 30.3 Å². The first-order chi connectivity index (χ1) is 10.4. The van der Waals surface area contributed by atoms with E-state index in [0.717, 1.165) is 41.2 Å². The van der Waals surface area contributed by atoms with Crippen molar-refractivity contribution in [3.8, 4) is 11.3 Å². The molecule has 1 aromatic carbocycles. The van der Waals surface area contributed by atoms with Crippen LogP contribution in [0.25, 0.3) is 11.3 Å². The highest BCUT2D eigenvalue weighted by molar-refractivity contribution is 5.77. The van der Waals surface area contributed by atoms with Gasteiger partial charge in [0.25, 0.3) is 0 Å². The van der Waals surface area contributed by atoms with E-state index in [-0.39, 0.29) is 0 Å². The number of benzene rings is 1. The number of hydrogen-bond donors (Lipinski definition) is 0. The maximum Gasteiger partial charge on any atom is 0.158 e. The molecule has 0 saturated heterocycles. The van der Waals surface area contributed by atoms with E-state index in [2.05, 4.69) is 71.1 Å². The number of nitrogens with zero attached hydrogens (tertiary/aromatic N) is 2. The molecule has 0 amide bonds. The van der Waals surface area contributed by atoms with Crippen molar-refractivity contribution < 1.29 is 8.90 Å². The summed E-state index contributed by atoms with van der Waals surface area (Å²) in [6, 6.07) is 10.4. The number of hydrogen-bond acceptors (Lipinski definition) is 2. The lowest BCUT2D eigenvalue weighted by molar-refractivity contribution is -0.919. The predicted octanol–water partition coefficient (Wildman–Crippen LogP) is 4.31. The average molecular weight is 301 g/mol. The van der Waals surface area contributed by atoms with Gasteiger partial charge in [0.2, 0.25) is 0 Å². The fraction of sp³-hybridized carbons (Fsp3) is 0.474. The summed E-state index contributed by atoms with van der Waals surface area (Å²) >= 11 is 0. The zero-order chi connectivity index (χ0) is 16.3. The molecule has 120 valence electrons. The molecule has 3 heteroatoms. The Hall–Kier alpha value is -1.74. The molecule has 2 rings (SSSR count). The third-order valence-corrected chi connectivity index (χ3v) is 4.73. The Morgan fingerprint density at radius 2 is 1.64 bits per heavy atom. The molecular weight excluding hydrogens is 272 g/mol. The molecule has 0 N–H and O–H groups in total. The molecule has 2 aromatic rings. The fourth-order valence-electron chi connectivity index (χ4n) is 2.84. The standard InChI is InChI=1S/C19H29N2O/c1-7-21(6,8-2)14-17-15(3)22-19(18(17)20(4)5)16-12-10-9-11-13-16/h9-13H,7-8,14H2,1-6H3/q+1. The topological polar surface area (TPSA) is 16.4 Å². The summed E-state index contributed by atoms with van der Waals surface area (Å²) in [5.41, 5.74) is 3.69. The summed E-state index contributed by atoms with van der Waals surface area (Å²) in [6.07, 6.45) is 0. The van der Waals surface area contributed by atoms with Gasteiger partial charge in [0.1, 0.15) is 12.3 Å². The van der Waals surface area contributed by atoms with E-state index in [4.69, 9.17) is 4.42 Å². The van der Waals surface area contributed by atoms with Gasteiger partial charge in [-0.05, 0) is 20.8 Å². The van der Waals surface area contributed by atoms with Gasteiger partial charge in [0.05, 0.1) is 31.4 Å². The second kappa shape index (κ2) is 6.57. The molecular formula is C19H29N2O+. The number of anilines is 1. The van der Waals surface area contributed by atoms with Crippen molar-refractivity contribution in [3.63, 3.8) is 0 Å². The van der Waals surface area contributed by atoms with Crippen LogP contribution in [0.5, 0.6) is 0 Å². The minimum Gasteiger partial charge on any atom is -0.459 e. The highest BCUT2D eigenvalue weighted by atomic mass is 16.3. The third kappa shape index (κ3) is 3.20. The summed E-state index contributed by atoms with van der Waals surface area (Å²) < 4.78 is 7.20. The van der Waals surface area contributed by atoms with Gasteiger partial charge in [0, 0.05) is 19.7 Å². The first-order valence-corrected chi connectivity index (χ1v) is 8.10. The van der Waals surface area contributed by atoms with E-state index in [9.17, 15) is 0 Å². The smallest absolute Gasteiger partial charge is 0.158 e. The Morgan fingerprint density at radius 1 is 1.05 bits per heavy atom. The molecule has 0 aliphatic carbocycles. The number of aryl methyl sites for hydroxylation is 1. The van der Waals surface area contributed by atoms with Crippen LogP contribution >= 0.6 is 0 Å². The molecule has 0 aliphatic heterocycles. The van der Waals surface area contributed by atoms with Gasteiger partial charge >= 0.3 is 0 Å². The van der Waals surface area contributed by atoms with Gasteiger partial charge < -0.3 is 13.8 Å². The predicted molar refractivity (Wildman–Crippen MR) is 94.2 cm³/mol. The molecule has 3 nitrogen and oxygen atoms in total. The first kappa shape index (κ1) is 16.6. The molecule has 0 spiro atoms. The third-order valence-electron chi connectivity index (χ3n) is 4.73. The van der Waals surface area contributed by atoms with Crippen molar-refractivity contribution in [1.29, 1.82) is 0 Å². The fourth-order valence-corrected chi connectivity index (χ4v) is 2.84. The molecule has 0 unspecified atom stereocenters. The Kier molecular flexibility index (Phi) is 4.97. The molecule has 1 aromatic heterocycles. The highest BCUT2D eigenvalue weighted by Crippen LogP contribution is 2.39. The van der Waals surface area contributed by atoms with Gasteiger partial charge in [-0.2, -0.15) is 0 Å². The molecule has 0 radical (unpaired) electrons. The summed E-state index contributed by atoms with van der Waals surface area (Å²) in [6.45, 7) is 9.84. The van der Waals surface area contributed by atoms with Crippen molar-refractivity contribution in [3.05, 3.63) is 41.7 Å². The van der Waals surface area contributed by atoms with Crippen molar-refractivity contribution >= 4 is 5.69 Å². The zero-order valence-corrected chi connectivity index (χ0v) is 14.8. The van der Waals surface area contributed by atoms with E-state index in [1.807, 2.05) is 6.07 Å². The van der Waals surface area contributed by atoms with Crippen LogP contribution in [0.3, 0.4) is 0 Å². The lowest BCUT2D eigenvalue weighted by Crippen LogP contribution is -2.42. The summed E-state index contributed by atoms with van der Waals surface area (Å²) in [5.74, 6) is 2.02. The van der Waals surface area contributed by atoms with Gasteiger partial charge in [-0.15, -0.1) is 0 Å². The second-order valence-corrected chi connectivity index (χ2v) is 6.49. The summed E-state index contributed by atoms with van der Waals surface area (Å²) in [7, 11) is 6.51. The normalized spacial score (nSPS) is 11.7. The highest BCUT2D eigenvalue weighted by Gasteiger charge is 2.27. The van der Waals surface area contributed by atoms with E-state index in [1.165, 1.54) is 11.3 Å². The molecule has 0 saturated carbocycles. The Balaban J connectivity index is 2.54. The van der Waals surface area contributed by atoms with Crippen molar-refractivity contribution in [1.82, 2.24) is 0 Å². The Bertz CT molecular complexity index is 610. The van der Waals surface area contributed by atoms with Crippen LogP contribution in [0.2, 0.25) is 0 Å². The number of furan rings is 1. The molecule has 1 heterocycles. The quantitative estimate of drug-likeness (QED) is 0.739. The lowest BCUT2D eigenvalue weighted by Gasteiger charge is -2.32. The number of quaternary nitrogens is 1. The van der Waals surface area contributed by atoms with E-state index >= 15 is 0 Å². The van der Waals surface area contributed by atoms with Gasteiger partial charge in [-0.3, -0.25) is 0 Å². The first-order valence-electron chi connectivity index (χ1n) is 8.10. The van der Waals surface area contributed by atoms with Crippen molar-refractivity contribution in [2.45, 2.75) is 27.3 Å². The van der Waals surface area contributed by atoms with Gasteiger partial charge in [0.15, 0.2) is 5.76 Å². The molecule has 0 atom stereocenters. The lowest BCUT2D eigenvalue weighted by atomic mass is 10.1. The average Bonchev–Trinajstić information content (AvgIpc) is 2.85. The van der Waals surface area contributed by atoms with E-state index in [0.29, 0.717) is 0 Å². The van der Waals surface area contributed by atoms with Crippen LogP contribution in [0.15, 0.2) is 34.7 Å². The maximum atomic E-state index is 6.18. The maximum absolute atomic E-state index is 6.18. The molecule has 0 fully saturated rings. The minimum absolute atomic E-state index is 0.983. The van der Waals surface area contributed by atoms with Crippen LogP contribution in [0, 0.1) is 6.92 Å². The second-order valence-electron chi connectivity index (χ2n) is 6.49. The van der Waals surface area contributed by atoms with Crippen LogP contribution in [-0.2, 0) is 6.54 Å². The van der Waals surface area contributed by atoms with Crippen LogP contribution in [-0.4, -0.2) is 38.7 Å².